The molecule has 8 nitrogen and oxygen atoms in total. The molecule has 166 valence electrons. The van der Waals surface area contributed by atoms with Crippen LogP contribution < -0.4 is 4.74 Å². The van der Waals surface area contributed by atoms with Crippen molar-refractivity contribution in [2.45, 2.75) is 37.6 Å². The first kappa shape index (κ1) is 21.7. The Labute approximate surface area is 183 Å². The van der Waals surface area contributed by atoms with E-state index in [0.29, 0.717) is 19.1 Å². The van der Waals surface area contributed by atoms with E-state index in [1.54, 1.807) is 26.6 Å². The number of ether oxygens (including phenoxy) is 3. The second-order valence-corrected chi connectivity index (χ2v) is 7.93. The van der Waals surface area contributed by atoms with E-state index in [9.17, 15) is 4.79 Å². The third-order valence-electron chi connectivity index (χ3n) is 6.04. The number of rotatable bonds is 9. The largest absolute Gasteiger partial charge is 0.481 e. The summed E-state index contributed by atoms with van der Waals surface area (Å²) in [4.78, 5) is 26.0. The molecular weight excluding hydrogens is 396 g/mol. The predicted molar refractivity (Wildman–Crippen MR) is 115 cm³/mol. The lowest BCUT2D eigenvalue weighted by Gasteiger charge is -2.52. The molecule has 2 fully saturated rings. The van der Waals surface area contributed by atoms with Crippen LogP contribution in [-0.2, 0) is 20.8 Å². The van der Waals surface area contributed by atoms with Gasteiger partial charge >= 0.3 is 0 Å². The smallest absolute Gasteiger partial charge is 0.255 e. The number of likely N-dealkylation sites (tertiary alicyclic amines) is 2. The molecule has 1 amide bonds. The van der Waals surface area contributed by atoms with E-state index in [1.807, 2.05) is 35.2 Å². The van der Waals surface area contributed by atoms with E-state index < -0.39 is 6.10 Å². The maximum Gasteiger partial charge on any atom is 0.255 e. The molecule has 4 rings (SSSR count). The molecule has 2 atom stereocenters. The molecule has 4 heterocycles. The fourth-order valence-corrected chi connectivity index (χ4v) is 4.45. The van der Waals surface area contributed by atoms with Crippen LogP contribution in [0.3, 0.4) is 0 Å². The van der Waals surface area contributed by atoms with Crippen molar-refractivity contribution < 1.29 is 19.0 Å². The monoisotopic (exact) mass is 426 g/mol. The topological polar surface area (TPSA) is 77.0 Å². The van der Waals surface area contributed by atoms with E-state index >= 15 is 0 Å². The van der Waals surface area contributed by atoms with Crippen molar-refractivity contribution >= 4 is 5.91 Å². The number of pyridine rings is 2. The van der Waals surface area contributed by atoms with Crippen LogP contribution in [0.4, 0.5) is 0 Å². The van der Waals surface area contributed by atoms with Crippen molar-refractivity contribution in [1.82, 2.24) is 19.8 Å². The maximum atomic E-state index is 13.0. The molecule has 2 aliphatic rings. The number of amides is 1. The Bertz CT molecular complexity index is 858. The highest BCUT2D eigenvalue weighted by Crippen LogP contribution is 2.40. The van der Waals surface area contributed by atoms with E-state index in [2.05, 4.69) is 14.9 Å². The quantitative estimate of drug-likeness (QED) is 0.449. The Morgan fingerprint density at radius 1 is 1.06 bits per heavy atom. The van der Waals surface area contributed by atoms with Gasteiger partial charge in [0.05, 0.1) is 32.1 Å². The van der Waals surface area contributed by atoms with Gasteiger partial charge in [0.25, 0.3) is 5.91 Å². The second-order valence-electron chi connectivity index (χ2n) is 7.93. The summed E-state index contributed by atoms with van der Waals surface area (Å²) in [6, 6.07) is 9.94. The van der Waals surface area contributed by atoms with Crippen LogP contribution in [0, 0.1) is 0 Å². The lowest BCUT2D eigenvalue weighted by Crippen LogP contribution is -2.64. The second kappa shape index (κ2) is 10.2. The molecule has 8 heteroatoms. The zero-order chi connectivity index (χ0) is 21.6. The van der Waals surface area contributed by atoms with Crippen LogP contribution in [0.5, 0.6) is 5.88 Å². The molecule has 0 spiro atoms. The fraction of sp³-hybridized carbons (Fsp3) is 0.522. The fourth-order valence-electron chi connectivity index (χ4n) is 4.45. The molecule has 2 aromatic rings. The van der Waals surface area contributed by atoms with Crippen LogP contribution in [0.15, 0.2) is 42.7 Å². The number of hydrogen-bond donors (Lipinski definition) is 0. The first-order valence-corrected chi connectivity index (χ1v) is 10.8. The molecule has 0 radical (unpaired) electrons. The SMILES string of the molecule is COCCO[C@H]1C(=O)N(C2CCN(Cc3cccc(OC)n3)CC2)[C@H]1c1ccncc1. The van der Waals surface area contributed by atoms with Crippen LogP contribution in [0.2, 0.25) is 0 Å². The van der Waals surface area contributed by atoms with Crippen LogP contribution >= 0.6 is 0 Å². The normalized spacial score (nSPS) is 22.4. The number of methoxy groups -OCH3 is 2. The number of β-lactam (4-membered cyclic amide) rings is 1. The third-order valence-corrected chi connectivity index (χ3v) is 6.04. The molecule has 2 aromatic heterocycles. The maximum absolute atomic E-state index is 13.0. The first-order chi connectivity index (χ1) is 15.2. The molecular formula is C23H30N4O4. The highest BCUT2D eigenvalue weighted by molar-refractivity contribution is 5.89. The van der Waals surface area contributed by atoms with Gasteiger partial charge in [0.15, 0.2) is 6.10 Å². The van der Waals surface area contributed by atoms with Crippen LogP contribution in [0.1, 0.15) is 30.1 Å². The van der Waals surface area contributed by atoms with Crippen molar-refractivity contribution in [2.24, 2.45) is 0 Å². The number of aromatic nitrogens is 2. The zero-order valence-electron chi connectivity index (χ0n) is 18.1. The van der Waals surface area contributed by atoms with Gasteiger partial charge in [-0.15, -0.1) is 0 Å². The van der Waals surface area contributed by atoms with Gasteiger partial charge in [-0.3, -0.25) is 14.7 Å². The lowest BCUT2D eigenvalue weighted by molar-refractivity contribution is -0.184. The highest BCUT2D eigenvalue weighted by atomic mass is 16.5. The Morgan fingerprint density at radius 2 is 1.84 bits per heavy atom. The Balaban J connectivity index is 1.38. The van der Waals surface area contributed by atoms with Crippen molar-refractivity contribution in [3.8, 4) is 5.88 Å². The minimum Gasteiger partial charge on any atom is -0.481 e. The Kier molecular flexibility index (Phi) is 7.11. The lowest BCUT2D eigenvalue weighted by atomic mass is 9.86. The first-order valence-electron chi connectivity index (χ1n) is 10.8. The predicted octanol–water partition coefficient (Wildman–Crippen LogP) is 2.06. The summed E-state index contributed by atoms with van der Waals surface area (Å²) in [5.41, 5.74) is 2.07. The Hall–Kier alpha value is -2.55. The zero-order valence-corrected chi connectivity index (χ0v) is 18.1. The molecule has 0 aliphatic carbocycles. The molecule has 0 unspecified atom stereocenters. The summed E-state index contributed by atoms with van der Waals surface area (Å²) in [5, 5.41) is 0. The van der Waals surface area contributed by atoms with Crippen molar-refractivity contribution in [3.63, 3.8) is 0 Å². The van der Waals surface area contributed by atoms with Crippen molar-refractivity contribution in [1.29, 1.82) is 0 Å². The van der Waals surface area contributed by atoms with Gasteiger partial charge < -0.3 is 19.1 Å². The number of carbonyl (C=O) groups excluding carboxylic acids is 1. The van der Waals surface area contributed by atoms with Gasteiger partial charge in [0, 0.05) is 51.2 Å². The molecule has 2 aliphatic heterocycles. The molecule has 0 saturated carbocycles. The minimum absolute atomic E-state index is 0.0658. The molecule has 31 heavy (non-hydrogen) atoms. The van der Waals surface area contributed by atoms with Gasteiger partial charge in [-0.2, -0.15) is 0 Å². The van der Waals surface area contributed by atoms with E-state index in [4.69, 9.17) is 14.2 Å². The molecule has 0 aromatic carbocycles. The summed E-state index contributed by atoms with van der Waals surface area (Å²) in [5.74, 6) is 0.712. The molecule has 0 N–H and O–H groups in total. The molecule has 0 bridgehead atoms. The summed E-state index contributed by atoms with van der Waals surface area (Å²) in [6.45, 7) is 3.52. The van der Waals surface area contributed by atoms with Gasteiger partial charge in [0.2, 0.25) is 5.88 Å². The average Bonchev–Trinajstić information content (AvgIpc) is 2.81. The average molecular weight is 427 g/mol. The molecule has 2 saturated heterocycles. The van der Waals surface area contributed by atoms with E-state index in [1.165, 1.54) is 0 Å². The number of hydrogen-bond acceptors (Lipinski definition) is 7. The third kappa shape index (κ3) is 4.87. The Morgan fingerprint density at radius 3 is 2.55 bits per heavy atom. The summed E-state index contributed by atoms with van der Waals surface area (Å²) in [6.07, 6.45) is 4.96. The van der Waals surface area contributed by atoms with E-state index in [0.717, 1.165) is 43.7 Å². The summed E-state index contributed by atoms with van der Waals surface area (Å²) >= 11 is 0. The highest BCUT2D eigenvalue weighted by Gasteiger charge is 2.52. The van der Waals surface area contributed by atoms with Crippen LogP contribution in [-0.4, -0.2) is 78.3 Å². The van der Waals surface area contributed by atoms with Crippen LogP contribution in [0.25, 0.3) is 0 Å². The van der Waals surface area contributed by atoms with Gasteiger partial charge in [-0.25, -0.2) is 4.98 Å². The summed E-state index contributed by atoms with van der Waals surface area (Å²) < 4.78 is 16.2. The number of nitrogens with zero attached hydrogens (tertiary/aromatic N) is 4. The van der Waals surface area contributed by atoms with Gasteiger partial charge in [-0.1, -0.05) is 6.07 Å². The van der Waals surface area contributed by atoms with Gasteiger partial charge in [-0.05, 0) is 36.6 Å². The number of carbonyl (C=O) groups is 1. The van der Waals surface area contributed by atoms with Gasteiger partial charge in [0.1, 0.15) is 0 Å². The van der Waals surface area contributed by atoms with E-state index in [-0.39, 0.29) is 18.0 Å². The van der Waals surface area contributed by atoms with Crippen molar-refractivity contribution in [3.05, 3.63) is 54.0 Å². The standard InChI is InChI=1S/C23H30N4O4/c1-29-14-15-31-22-21(17-6-10-24-11-7-17)27(23(22)28)19-8-12-26(13-9-19)16-18-4-3-5-20(25-18)30-2/h3-7,10-11,19,21-22H,8-9,12-16H2,1-2H3/t21-,22+/m0/s1. The minimum atomic E-state index is -0.448. The number of piperidine rings is 1. The summed E-state index contributed by atoms with van der Waals surface area (Å²) in [7, 11) is 3.26. The van der Waals surface area contributed by atoms with Crippen molar-refractivity contribution in [2.75, 3.05) is 40.5 Å².